The Morgan fingerprint density at radius 1 is 1.17 bits per heavy atom. The largest absolute Gasteiger partial charge is 0.377 e. The Kier molecular flexibility index (Phi) is 5.55. The fourth-order valence-corrected chi connectivity index (χ4v) is 4.08. The lowest BCUT2D eigenvalue weighted by Crippen LogP contribution is -2.45. The van der Waals surface area contributed by atoms with Crippen molar-refractivity contribution >= 4 is 5.91 Å². The summed E-state index contributed by atoms with van der Waals surface area (Å²) in [7, 11) is 0. The number of nitrogens with one attached hydrogen (secondary N) is 1. The maximum absolute atomic E-state index is 13.3. The van der Waals surface area contributed by atoms with Crippen LogP contribution in [0, 0.1) is 20.8 Å². The minimum Gasteiger partial charge on any atom is -0.377 e. The Balaban J connectivity index is 1.67. The summed E-state index contributed by atoms with van der Waals surface area (Å²) >= 11 is 0. The molecule has 7 nitrogen and oxygen atoms in total. The maximum atomic E-state index is 13.3. The Bertz CT molecular complexity index is 1120. The summed E-state index contributed by atoms with van der Waals surface area (Å²) in [5.41, 5.74) is 4.54. The molecule has 0 spiro atoms. The number of aromatic nitrogens is 3. The third-order valence-corrected chi connectivity index (χ3v) is 5.62. The van der Waals surface area contributed by atoms with Gasteiger partial charge in [-0.2, -0.15) is 5.10 Å². The maximum Gasteiger partial charge on any atom is 0.260 e. The van der Waals surface area contributed by atoms with Crippen molar-refractivity contribution in [2.75, 3.05) is 19.8 Å². The van der Waals surface area contributed by atoms with E-state index in [0.29, 0.717) is 26.3 Å². The number of H-pyrrole nitrogens is 1. The van der Waals surface area contributed by atoms with Crippen molar-refractivity contribution in [2.24, 2.45) is 0 Å². The summed E-state index contributed by atoms with van der Waals surface area (Å²) in [6.45, 7) is 7.69. The van der Waals surface area contributed by atoms with Crippen LogP contribution in [0.15, 0.2) is 47.3 Å². The minimum atomic E-state index is -0.363. The van der Waals surface area contributed by atoms with Gasteiger partial charge >= 0.3 is 0 Å². The fraction of sp³-hybridized carbons (Fsp3) is 0.348. The van der Waals surface area contributed by atoms with E-state index in [2.05, 4.69) is 17.1 Å². The van der Waals surface area contributed by atoms with E-state index in [1.807, 2.05) is 36.7 Å². The molecule has 0 saturated carbocycles. The van der Waals surface area contributed by atoms with E-state index in [0.717, 1.165) is 28.2 Å². The molecule has 1 aliphatic rings. The lowest BCUT2D eigenvalue weighted by Gasteiger charge is -2.36. The van der Waals surface area contributed by atoms with Crippen LogP contribution in [0.25, 0.3) is 0 Å². The summed E-state index contributed by atoms with van der Waals surface area (Å²) in [6, 6.07) is 13.2. The Morgan fingerprint density at radius 3 is 2.67 bits per heavy atom. The molecule has 0 bridgehead atoms. The van der Waals surface area contributed by atoms with Gasteiger partial charge < -0.3 is 14.6 Å². The number of amides is 1. The number of aryl methyl sites for hydroxylation is 2. The summed E-state index contributed by atoms with van der Waals surface area (Å²) in [4.78, 5) is 30.1. The molecular formula is C23H26N4O3. The lowest BCUT2D eigenvalue weighted by atomic mass is 10.0. The second-order valence-electron chi connectivity index (χ2n) is 7.70. The molecule has 0 aliphatic carbocycles. The van der Waals surface area contributed by atoms with E-state index in [4.69, 9.17) is 9.84 Å². The van der Waals surface area contributed by atoms with Gasteiger partial charge in [0, 0.05) is 23.5 Å². The number of morpholine rings is 1. The first-order valence-electron chi connectivity index (χ1n) is 10.1. The molecule has 30 heavy (non-hydrogen) atoms. The summed E-state index contributed by atoms with van der Waals surface area (Å²) < 4.78 is 7.69. The van der Waals surface area contributed by atoms with Gasteiger partial charge in [0.05, 0.1) is 31.5 Å². The van der Waals surface area contributed by atoms with E-state index in [1.54, 1.807) is 24.0 Å². The standard InChI is InChI=1S/C23H26N4O3/c1-15-9-10-19(22(28)24-15)23(29)26-11-12-30-14-20(26)21-16(2)25-27(17(21)3)13-18-7-5-4-6-8-18/h4-10,20H,11-14H2,1-3H3,(H,24,28)/t20-/m0/s1. The predicted octanol–water partition coefficient (Wildman–Crippen LogP) is 2.76. The van der Waals surface area contributed by atoms with Crippen LogP contribution in [0.1, 0.15) is 44.6 Å². The molecule has 156 valence electrons. The first-order valence-corrected chi connectivity index (χ1v) is 10.1. The SMILES string of the molecule is Cc1ccc(C(=O)N2CCOC[C@H]2c2c(C)nn(Cc3ccccc3)c2C)c(=O)[nH]1. The number of hydrogen-bond donors (Lipinski definition) is 1. The average molecular weight is 406 g/mol. The molecule has 1 atom stereocenters. The van der Waals surface area contributed by atoms with E-state index < -0.39 is 0 Å². The van der Waals surface area contributed by atoms with Crippen LogP contribution in [0.4, 0.5) is 0 Å². The van der Waals surface area contributed by atoms with Crippen molar-refractivity contribution < 1.29 is 9.53 Å². The fourth-order valence-electron chi connectivity index (χ4n) is 4.08. The van der Waals surface area contributed by atoms with E-state index in [1.165, 1.54) is 0 Å². The Morgan fingerprint density at radius 2 is 1.93 bits per heavy atom. The van der Waals surface area contributed by atoms with Gasteiger partial charge in [-0.25, -0.2) is 0 Å². The highest BCUT2D eigenvalue weighted by molar-refractivity contribution is 5.94. The normalized spacial score (nSPS) is 16.6. The van der Waals surface area contributed by atoms with Gasteiger partial charge in [0.15, 0.2) is 0 Å². The number of aromatic amines is 1. The van der Waals surface area contributed by atoms with Gasteiger partial charge in [-0.1, -0.05) is 30.3 Å². The van der Waals surface area contributed by atoms with Crippen molar-refractivity contribution in [3.63, 3.8) is 0 Å². The zero-order valence-electron chi connectivity index (χ0n) is 17.5. The predicted molar refractivity (Wildman–Crippen MR) is 114 cm³/mol. The van der Waals surface area contributed by atoms with Gasteiger partial charge in [0.1, 0.15) is 5.56 Å². The van der Waals surface area contributed by atoms with E-state index in [9.17, 15) is 9.59 Å². The molecule has 1 N–H and O–H groups in total. The van der Waals surface area contributed by atoms with Crippen LogP contribution < -0.4 is 5.56 Å². The van der Waals surface area contributed by atoms with Crippen LogP contribution in [0.5, 0.6) is 0 Å². The smallest absolute Gasteiger partial charge is 0.260 e. The van der Waals surface area contributed by atoms with Crippen LogP contribution in [0.2, 0.25) is 0 Å². The number of benzene rings is 1. The van der Waals surface area contributed by atoms with Crippen molar-refractivity contribution in [3.05, 3.63) is 86.6 Å². The molecule has 1 aliphatic heterocycles. The minimum absolute atomic E-state index is 0.152. The van der Waals surface area contributed by atoms with E-state index in [-0.39, 0.29) is 23.1 Å². The van der Waals surface area contributed by atoms with Crippen LogP contribution in [0.3, 0.4) is 0 Å². The first-order chi connectivity index (χ1) is 14.5. The second kappa shape index (κ2) is 8.28. The van der Waals surface area contributed by atoms with E-state index >= 15 is 0 Å². The zero-order valence-corrected chi connectivity index (χ0v) is 17.5. The number of carbonyl (C=O) groups is 1. The number of carbonyl (C=O) groups excluding carboxylic acids is 1. The van der Waals surface area contributed by atoms with Crippen LogP contribution in [-0.4, -0.2) is 45.3 Å². The number of ether oxygens (including phenoxy) is 1. The molecule has 3 heterocycles. The highest BCUT2D eigenvalue weighted by Crippen LogP contribution is 2.30. The lowest BCUT2D eigenvalue weighted by molar-refractivity contribution is -0.00315. The Hall–Kier alpha value is -3.19. The van der Waals surface area contributed by atoms with Gasteiger partial charge in [-0.05, 0) is 38.5 Å². The number of nitrogens with zero attached hydrogens (tertiary/aromatic N) is 3. The number of rotatable bonds is 4. The monoisotopic (exact) mass is 406 g/mol. The molecule has 7 heteroatoms. The summed E-state index contributed by atoms with van der Waals surface area (Å²) in [5.74, 6) is -0.279. The van der Waals surface area contributed by atoms with Crippen molar-refractivity contribution in [3.8, 4) is 0 Å². The summed E-state index contributed by atoms with van der Waals surface area (Å²) in [6.07, 6.45) is 0. The van der Waals surface area contributed by atoms with Crippen molar-refractivity contribution in [2.45, 2.75) is 33.4 Å². The topological polar surface area (TPSA) is 80.2 Å². The molecule has 0 unspecified atom stereocenters. The highest BCUT2D eigenvalue weighted by atomic mass is 16.5. The third kappa shape index (κ3) is 3.80. The number of pyridine rings is 1. The molecule has 1 saturated heterocycles. The highest BCUT2D eigenvalue weighted by Gasteiger charge is 2.34. The molecule has 1 amide bonds. The van der Waals surface area contributed by atoms with Gasteiger partial charge in [0.2, 0.25) is 0 Å². The molecule has 1 fully saturated rings. The molecule has 3 aromatic rings. The van der Waals surface area contributed by atoms with Gasteiger partial charge in [-0.3, -0.25) is 14.3 Å². The second-order valence-corrected chi connectivity index (χ2v) is 7.70. The third-order valence-electron chi connectivity index (χ3n) is 5.62. The van der Waals surface area contributed by atoms with Crippen molar-refractivity contribution in [1.82, 2.24) is 19.7 Å². The molecular weight excluding hydrogens is 380 g/mol. The Labute approximate surface area is 175 Å². The first kappa shape index (κ1) is 20.1. The van der Waals surface area contributed by atoms with Crippen LogP contribution in [-0.2, 0) is 11.3 Å². The molecule has 4 rings (SSSR count). The summed E-state index contributed by atoms with van der Waals surface area (Å²) in [5, 5.41) is 4.73. The zero-order chi connectivity index (χ0) is 21.3. The van der Waals surface area contributed by atoms with Crippen molar-refractivity contribution in [1.29, 1.82) is 0 Å². The van der Waals surface area contributed by atoms with Gasteiger partial charge in [-0.15, -0.1) is 0 Å². The number of hydrogen-bond acceptors (Lipinski definition) is 4. The van der Waals surface area contributed by atoms with Gasteiger partial charge in [0.25, 0.3) is 11.5 Å². The van der Waals surface area contributed by atoms with Crippen LogP contribution >= 0.6 is 0 Å². The molecule has 0 radical (unpaired) electrons. The average Bonchev–Trinajstić information content (AvgIpc) is 3.01. The quantitative estimate of drug-likeness (QED) is 0.723. The molecule has 1 aromatic carbocycles. The molecule has 2 aromatic heterocycles.